The van der Waals surface area contributed by atoms with Crippen molar-refractivity contribution in [3.63, 3.8) is 0 Å². The minimum atomic E-state index is -1.62. The van der Waals surface area contributed by atoms with Crippen molar-refractivity contribution in [2.45, 2.75) is 62.8 Å². The summed E-state index contributed by atoms with van der Waals surface area (Å²) >= 11 is 12.3. The molecule has 6 N–H and O–H groups in total. The van der Waals surface area contributed by atoms with Gasteiger partial charge >= 0.3 is 0 Å². The molecular weight excluding hydrogens is 571 g/mol. The summed E-state index contributed by atoms with van der Waals surface area (Å²) in [5.74, 6) is 3.24. The van der Waals surface area contributed by atoms with Crippen LogP contribution in [0, 0.1) is 34.8 Å². The fraction of sp³-hybridized carbons (Fsp3) is 0.452. The molecule has 4 rings (SSSR count). The topological polar surface area (TPSA) is 108 Å². The molecule has 0 radical (unpaired) electrons. The van der Waals surface area contributed by atoms with Crippen LogP contribution >= 0.6 is 23.2 Å². The molecule has 1 heterocycles. The van der Waals surface area contributed by atoms with Gasteiger partial charge in [0.25, 0.3) is 0 Å². The lowest BCUT2D eigenvalue weighted by Gasteiger charge is -2.42. The molecule has 6 atom stereocenters. The van der Waals surface area contributed by atoms with Crippen molar-refractivity contribution in [3.05, 3.63) is 81.4 Å². The number of nitrogens with two attached hydrogens (primary N) is 1. The highest BCUT2D eigenvalue weighted by molar-refractivity contribution is 6.31. The van der Waals surface area contributed by atoms with Crippen LogP contribution in [0.4, 0.5) is 8.78 Å². The summed E-state index contributed by atoms with van der Waals surface area (Å²) in [6.45, 7) is 3.69. The molecule has 41 heavy (non-hydrogen) atoms. The summed E-state index contributed by atoms with van der Waals surface area (Å²) in [4.78, 5) is 13.7. The predicted octanol–water partition coefficient (Wildman–Crippen LogP) is 4.41. The number of hydrogen-bond donors (Lipinski definition) is 5. The van der Waals surface area contributed by atoms with Gasteiger partial charge in [-0.25, -0.2) is 8.78 Å². The standard InChI is InChI=1S/C31H35Cl2F2N3O3/c1-30(2,18-7-4-3-5-8-18)16-25-31(36,22-12-11-19(32)15-24(22)34)26(21-9-6-10-23(33)27(21)35)28(38-25)29(41)37-14-13-20(40)17-39/h3-4,6,9-12,15,18,20,25-26,28,38-40H,7,13-14,16-17,36H2,1-2H3,(H,37,41)/t18?,20?,25-,26-,28+,31?/m0/s1. The summed E-state index contributed by atoms with van der Waals surface area (Å²) < 4.78 is 31.5. The largest absolute Gasteiger partial charge is 0.394 e. The third kappa shape index (κ3) is 6.46. The fourth-order valence-corrected chi connectivity index (χ4v) is 6.35. The molecule has 3 unspecified atom stereocenters. The molecule has 10 heteroatoms. The van der Waals surface area contributed by atoms with Crippen molar-refractivity contribution in [1.82, 2.24) is 10.6 Å². The van der Waals surface area contributed by atoms with Gasteiger partial charge in [-0.2, -0.15) is 0 Å². The first-order chi connectivity index (χ1) is 19.4. The Morgan fingerprint density at radius 2 is 2.05 bits per heavy atom. The van der Waals surface area contributed by atoms with Gasteiger partial charge in [-0.1, -0.05) is 73.2 Å². The van der Waals surface area contributed by atoms with Crippen LogP contribution in [-0.4, -0.2) is 47.5 Å². The number of carbonyl (C=O) groups is 1. The highest BCUT2D eigenvalue weighted by Gasteiger charge is 2.59. The monoisotopic (exact) mass is 605 g/mol. The minimum Gasteiger partial charge on any atom is -0.394 e. The second-order valence-electron chi connectivity index (χ2n) is 11.5. The lowest BCUT2D eigenvalue weighted by atomic mass is 9.65. The van der Waals surface area contributed by atoms with Crippen LogP contribution in [0.1, 0.15) is 50.2 Å². The highest BCUT2D eigenvalue weighted by Crippen LogP contribution is 2.51. The first-order valence-electron chi connectivity index (χ1n) is 13.6. The van der Waals surface area contributed by atoms with E-state index in [4.69, 9.17) is 34.0 Å². The Balaban J connectivity index is 1.85. The van der Waals surface area contributed by atoms with Gasteiger partial charge in [0.15, 0.2) is 0 Å². The molecule has 1 fully saturated rings. The second-order valence-corrected chi connectivity index (χ2v) is 12.3. The number of nitrogens with one attached hydrogen (secondary N) is 2. The van der Waals surface area contributed by atoms with Gasteiger partial charge in [-0.3, -0.25) is 4.79 Å². The smallest absolute Gasteiger partial charge is 0.237 e. The molecule has 1 aliphatic heterocycles. The fourth-order valence-electron chi connectivity index (χ4n) is 6.01. The lowest BCUT2D eigenvalue weighted by Crippen LogP contribution is -2.53. The van der Waals surface area contributed by atoms with Gasteiger partial charge in [0.05, 0.1) is 29.3 Å². The molecule has 220 valence electrons. The molecule has 0 bridgehead atoms. The molecule has 6 nitrogen and oxygen atoms in total. The van der Waals surface area contributed by atoms with E-state index in [1.54, 1.807) is 6.07 Å². The number of hydrogen-bond acceptors (Lipinski definition) is 5. The van der Waals surface area contributed by atoms with Crippen LogP contribution in [0.5, 0.6) is 0 Å². The van der Waals surface area contributed by atoms with E-state index in [2.05, 4.69) is 22.5 Å². The van der Waals surface area contributed by atoms with Crippen LogP contribution in [-0.2, 0) is 10.3 Å². The number of carbonyl (C=O) groups excluding carboxylic acids is 1. The van der Waals surface area contributed by atoms with Crippen LogP contribution in [0.2, 0.25) is 10.0 Å². The Kier molecular flexibility index (Phi) is 9.80. The molecule has 0 spiro atoms. The molecule has 1 aliphatic carbocycles. The normalized spacial score (nSPS) is 26.4. The van der Waals surface area contributed by atoms with Gasteiger partial charge in [0, 0.05) is 35.0 Å². The maximum atomic E-state index is 15.7. The van der Waals surface area contributed by atoms with Gasteiger partial charge in [-0.15, -0.1) is 0 Å². The summed E-state index contributed by atoms with van der Waals surface area (Å²) in [6, 6.07) is 6.82. The van der Waals surface area contributed by atoms with E-state index in [9.17, 15) is 9.90 Å². The Labute approximate surface area is 249 Å². The molecule has 1 amide bonds. The van der Waals surface area contributed by atoms with Crippen molar-refractivity contribution >= 4 is 29.1 Å². The first kappa shape index (κ1) is 31.4. The summed E-state index contributed by atoms with van der Waals surface area (Å²) in [6.07, 6.45) is 4.01. The summed E-state index contributed by atoms with van der Waals surface area (Å²) in [5, 5.41) is 25.0. The average molecular weight is 607 g/mol. The SMILES string of the molecule is CC(C)(C[C@@H]1N[C@@H](C(=O)NCCC(O)CO)[C@H](c2cccc(Cl)c2F)C1(N)c1ccc(Cl)cc1F)C1C#CC=CC1. The Morgan fingerprint density at radius 3 is 2.71 bits per heavy atom. The van der Waals surface area contributed by atoms with E-state index in [0.717, 1.165) is 12.5 Å². The molecule has 2 aliphatic rings. The number of rotatable bonds is 10. The summed E-state index contributed by atoms with van der Waals surface area (Å²) in [5.41, 5.74) is 5.37. The van der Waals surface area contributed by atoms with E-state index in [0.29, 0.717) is 6.42 Å². The van der Waals surface area contributed by atoms with Crippen LogP contribution in [0.15, 0.2) is 48.6 Å². The van der Waals surface area contributed by atoms with Crippen molar-refractivity contribution in [3.8, 4) is 11.8 Å². The van der Waals surface area contributed by atoms with E-state index >= 15 is 8.78 Å². The quantitative estimate of drug-likeness (QED) is 0.258. The number of amides is 1. The van der Waals surface area contributed by atoms with Crippen LogP contribution < -0.4 is 16.4 Å². The van der Waals surface area contributed by atoms with Crippen molar-refractivity contribution in [2.75, 3.05) is 13.2 Å². The number of halogens is 4. The van der Waals surface area contributed by atoms with Gasteiger partial charge in [-0.05, 0) is 54.5 Å². The maximum Gasteiger partial charge on any atom is 0.237 e. The second kappa shape index (κ2) is 12.8. The van der Waals surface area contributed by atoms with Gasteiger partial charge in [0.2, 0.25) is 5.91 Å². The van der Waals surface area contributed by atoms with E-state index in [-0.39, 0.29) is 40.1 Å². The highest BCUT2D eigenvalue weighted by atomic mass is 35.5. The Bertz CT molecular complexity index is 1380. The van der Waals surface area contributed by atoms with E-state index in [1.807, 2.05) is 26.0 Å². The third-order valence-corrected chi connectivity index (χ3v) is 8.82. The van der Waals surface area contributed by atoms with E-state index < -0.39 is 59.2 Å². The molecule has 2 aromatic rings. The Morgan fingerprint density at radius 1 is 1.29 bits per heavy atom. The zero-order valence-electron chi connectivity index (χ0n) is 22.9. The molecular formula is C31H35Cl2F2N3O3. The molecule has 0 aromatic heterocycles. The first-order valence-corrected chi connectivity index (χ1v) is 14.3. The van der Waals surface area contributed by atoms with Crippen LogP contribution in [0.3, 0.4) is 0 Å². The van der Waals surface area contributed by atoms with Crippen molar-refractivity contribution in [2.24, 2.45) is 17.1 Å². The lowest BCUT2D eigenvalue weighted by molar-refractivity contribution is -0.123. The predicted molar refractivity (Wildman–Crippen MR) is 156 cm³/mol. The van der Waals surface area contributed by atoms with Gasteiger partial charge in [0.1, 0.15) is 11.6 Å². The summed E-state index contributed by atoms with van der Waals surface area (Å²) in [7, 11) is 0. The zero-order valence-corrected chi connectivity index (χ0v) is 24.4. The number of benzene rings is 2. The van der Waals surface area contributed by atoms with Crippen molar-refractivity contribution in [1.29, 1.82) is 0 Å². The Hall–Kier alpha value is -2.51. The zero-order chi connectivity index (χ0) is 29.9. The van der Waals surface area contributed by atoms with Crippen molar-refractivity contribution < 1.29 is 23.8 Å². The maximum absolute atomic E-state index is 15.7. The van der Waals surface area contributed by atoms with E-state index in [1.165, 1.54) is 24.3 Å². The minimum absolute atomic E-state index is 0.0252. The third-order valence-electron chi connectivity index (χ3n) is 8.29. The number of aliphatic hydroxyl groups is 2. The molecule has 1 saturated heterocycles. The number of allylic oxidation sites excluding steroid dienone is 2. The molecule has 0 saturated carbocycles. The van der Waals surface area contributed by atoms with Gasteiger partial charge < -0.3 is 26.6 Å². The number of aliphatic hydroxyl groups excluding tert-OH is 2. The molecule has 2 aromatic carbocycles. The van der Waals surface area contributed by atoms with Crippen LogP contribution in [0.25, 0.3) is 0 Å². The average Bonchev–Trinajstić information content (AvgIpc) is 3.22.